The Balaban J connectivity index is 1.37. The summed E-state index contributed by atoms with van der Waals surface area (Å²) in [6.07, 6.45) is 1.49. The first-order chi connectivity index (χ1) is 18.0. The molecule has 4 aromatic rings. The molecule has 0 aliphatic rings. The standard InChI is InChI=1S/C27H22BrN5O3S/c1-17-3-9-21(10-4-17)31-27-32-23(16-37-27)19-5-7-20(8-6-19)26(34)33-30-15-18-13-22(28)25(36-12-11-29)24(14-18)35-2/h3-10,13-16H,12H2,1-2H3,(H,31,32)(H,33,34)/b30-15-. The van der Waals surface area contributed by atoms with Gasteiger partial charge in [0.15, 0.2) is 23.2 Å². The fourth-order valence-corrected chi connectivity index (χ4v) is 4.62. The SMILES string of the molecule is COc1cc(/C=N\NC(=O)c2ccc(-c3csc(Nc4ccc(C)cc4)n3)cc2)cc(Br)c1OCC#N. The van der Waals surface area contributed by atoms with E-state index < -0.39 is 0 Å². The van der Waals surface area contributed by atoms with Gasteiger partial charge in [-0.1, -0.05) is 29.8 Å². The minimum Gasteiger partial charge on any atom is -0.493 e. The zero-order valence-corrected chi connectivity index (χ0v) is 22.4. The minimum atomic E-state index is -0.345. The van der Waals surface area contributed by atoms with Gasteiger partial charge in [0, 0.05) is 22.2 Å². The number of hydrogen-bond acceptors (Lipinski definition) is 8. The molecule has 8 nitrogen and oxygen atoms in total. The highest BCUT2D eigenvalue weighted by Crippen LogP contribution is 2.36. The van der Waals surface area contributed by atoms with Crippen LogP contribution in [0.5, 0.6) is 11.5 Å². The summed E-state index contributed by atoms with van der Waals surface area (Å²) in [6, 6.07) is 20.6. The van der Waals surface area contributed by atoms with Crippen LogP contribution in [0.25, 0.3) is 11.3 Å². The number of carbonyl (C=O) groups is 1. The predicted molar refractivity (Wildman–Crippen MR) is 149 cm³/mol. The predicted octanol–water partition coefficient (Wildman–Crippen LogP) is 6.30. The molecule has 10 heteroatoms. The van der Waals surface area contributed by atoms with Crippen LogP contribution < -0.4 is 20.2 Å². The smallest absolute Gasteiger partial charge is 0.271 e. The Kier molecular flexibility index (Phi) is 8.51. The summed E-state index contributed by atoms with van der Waals surface area (Å²) >= 11 is 4.92. The van der Waals surface area contributed by atoms with E-state index in [0.717, 1.165) is 22.1 Å². The molecule has 1 amide bonds. The molecule has 1 heterocycles. The Morgan fingerprint density at radius 2 is 1.95 bits per heavy atom. The van der Waals surface area contributed by atoms with Crippen molar-refractivity contribution in [2.75, 3.05) is 19.0 Å². The van der Waals surface area contributed by atoms with Crippen molar-refractivity contribution < 1.29 is 14.3 Å². The molecule has 0 saturated carbocycles. The lowest BCUT2D eigenvalue weighted by Crippen LogP contribution is -2.17. The van der Waals surface area contributed by atoms with Gasteiger partial charge in [-0.25, -0.2) is 10.4 Å². The Morgan fingerprint density at radius 3 is 2.65 bits per heavy atom. The van der Waals surface area contributed by atoms with Crippen molar-refractivity contribution in [2.24, 2.45) is 5.10 Å². The number of rotatable bonds is 9. The van der Waals surface area contributed by atoms with E-state index in [4.69, 9.17) is 14.7 Å². The summed E-state index contributed by atoms with van der Waals surface area (Å²) in [7, 11) is 1.50. The van der Waals surface area contributed by atoms with E-state index in [9.17, 15) is 4.79 Å². The third-order valence-electron chi connectivity index (χ3n) is 5.16. The number of aromatic nitrogens is 1. The molecule has 0 saturated heterocycles. The number of methoxy groups -OCH3 is 1. The second-order valence-corrected chi connectivity index (χ2v) is 9.50. The molecule has 0 aliphatic heterocycles. The summed E-state index contributed by atoms with van der Waals surface area (Å²) < 4.78 is 11.3. The van der Waals surface area contributed by atoms with Crippen molar-refractivity contribution in [2.45, 2.75) is 6.92 Å². The number of halogens is 1. The molecule has 186 valence electrons. The highest BCUT2D eigenvalue weighted by Gasteiger charge is 2.12. The maximum absolute atomic E-state index is 12.5. The summed E-state index contributed by atoms with van der Waals surface area (Å²) in [5.41, 5.74) is 7.57. The van der Waals surface area contributed by atoms with Gasteiger partial charge in [-0.2, -0.15) is 10.4 Å². The number of hydrogen-bond donors (Lipinski definition) is 2. The lowest BCUT2D eigenvalue weighted by atomic mass is 10.1. The van der Waals surface area contributed by atoms with Crippen molar-refractivity contribution in [1.29, 1.82) is 5.26 Å². The molecule has 0 bridgehead atoms. The molecule has 0 fully saturated rings. The van der Waals surface area contributed by atoms with Gasteiger partial charge in [0.1, 0.15) is 6.07 Å². The molecule has 0 atom stereocenters. The fraction of sp³-hybridized carbons (Fsp3) is 0.111. The van der Waals surface area contributed by atoms with E-state index in [-0.39, 0.29) is 12.5 Å². The number of anilines is 2. The minimum absolute atomic E-state index is 0.106. The Morgan fingerprint density at radius 1 is 1.19 bits per heavy atom. The normalized spacial score (nSPS) is 10.6. The number of aryl methyl sites for hydroxylation is 1. The van der Waals surface area contributed by atoms with Gasteiger partial charge in [0.05, 0.1) is 23.5 Å². The summed E-state index contributed by atoms with van der Waals surface area (Å²) in [6.45, 7) is 1.94. The monoisotopic (exact) mass is 575 g/mol. The van der Waals surface area contributed by atoms with Crippen LogP contribution in [-0.4, -0.2) is 30.8 Å². The summed E-state index contributed by atoms with van der Waals surface area (Å²) in [5, 5.41) is 18.8. The van der Waals surface area contributed by atoms with Gasteiger partial charge in [0.2, 0.25) is 0 Å². The molecule has 37 heavy (non-hydrogen) atoms. The van der Waals surface area contributed by atoms with Gasteiger partial charge in [-0.05, 0) is 64.8 Å². The first-order valence-electron chi connectivity index (χ1n) is 11.1. The highest BCUT2D eigenvalue weighted by molar-refractivity contribution is 9.10. The third-order valence-corrected chi connectivity index (χ3v) is 6.51. The maximum atomic E-state index is 12.5. The van der Waals surface area contributed by atoms with Crippen LogP contribution in [0.2, 0.25) is 0 Å². The van der Waals surface area contributed by atoms with Gasteiger partial charge in [0.25, 0.3) is 5.91 Å². The van der Waals surface area contributed by atoms with Crippen molar-refractivity contribution in [3.05, 3.63) is 87.2 Å². The molecule has 3 aromatic carbocycles. The molecular weight excluding hydrogens is 554 g/mol. The molecule has 0 unspecified atom stereocenters. The first-order valence-corrected chi connectivity index (χ1v) is 12.7. The van der Waals surface area contributed by atoms with Crippen LogP contribution in [-0.2, 0) is 0 Å². The molecule has 0 radical (unpaired) electrons. The molecule has 1 aromatic heterocycles. The number of nitriles is 1. The Labute approximate surface area is 226 Å². The first kappa shape index (κ1) is 25.9. The summed E-state index contributed by atoms with van der Waals surface area (Å²) in [4.78, 5) is 17.2. The van der Waals surface area contributed by atoms with Gasteiger partial charge in [-0.15, -0.1) is 11.3 Å². The molecule has 0 aliphatic carbocycles. The van der Waals surface area contributed by atoms with Crippen LogP contribution in [0.15, 0.2) is 75.6 Å². The van der Waals surface area contributed by atoms with Crippen LogP contribution in [0.1, 0.15) is 21.5 Å². The summed E-state index contributed by atoms with van der Waals surface area (Å²) in [5.74, 6) is 0.513. The molecular formula is C27H22BrN5O3S. The van der Waals surface area contributed by atoms with Crippen LogP contribution in [0, 0.1) is 18.3 Å². The number of benzene rings is 3. The lowest BCUT2D eigenvalue weighted by Gasteiger charge is -2.11. The second-order valence-electron chi connectivity index (χ2n) is 7.79. The van der Waals surface area contributed by atoms with Crippen LogP contribution >= 0.6 is 27.3 Å². The van der Waals surface area contributed by atoms with E-state index in [2.05, 4.69) is 36.8 Å². The number of nitrogens with zero attached hydrogens (tertiary/aromatic N) is 3. The number of nitrogens with one attached hydrogen (secondary N) is 2. The zero-order valence-electron chi connectivity index (χ0n) is 20.0. The van der Waals surface area contributed by atoms with Gasteiger partial charge < -0.3 is 14.8 Å². The average Bonchev–Trinajstić information content (AvgIpc) is 3.37. The topological polar surface area (TPSA) is 109 Å². The maximum Gasteiger partial charge on any atom is 0.271 e. The number of ether oxygens (including phenoxy) is 2. The zero-order chi connectivity index (χ0) is 26.2. The number of hydrazone groups is 1. The van der Waals surface area contributed by atoms with E-state index in [1.54, 1.807) is 24.3 Å². The van der Waals surface area contributed by atoms with E-state index in [0.29, 0.717) is 27.1 Å². The van der Waals surface area contributed by atoms with Gasteiger partial charge >= 0.3 is 0 Å². The third kappa shape index (κ3) is 6.73. The quantitative estimate of drug-likeness (QED) is 0.179. The Bertz CT molecular complexity index is 1460. The molecule has 2 N–H and O–H groups in total. The van der Waals surface area contributed by atoms with Crippen LogP contribution in [0.4, 0.5) is 10.8 Å². The molecule has 0 spiro atoms. The number of amides is 1. The highest BCUT2D eigenvalue weighted by atomic mass is 79.9. The largest absolute Gasteiger partial charge is 0.493 e. The fourth-order valence-electron chi connectivity index (χ4n) is 3.31. The Hall–Kier alpha value is -4.20. The van der Waals surface area contributed by atoms with Crippen molar-refractivity contribution in [3.8, 4) is 28.8 Å². The average molecular weight is 576 g/mol. The second kappa shape index (κ2) is 12.2. The van der Waals surface area contributed by atoms with Crippen molar-refractivity contribution in [1.82, 2.24) is 10.4 Å². The number of carbonyl (C=O) groups excluding carboxylic acids is 1. The van der Waals surface area contributed by atoms with Gasteiger partial charge in [-0.3, -0.25) is 4.79 Å². The lowest BCUT2D eigenvalue weighted by molar-refractivity contribution is 0.0955. The van der Waals surface area contributed by atoms with Crippen molar-refractivity contribution in [3.63, 3.8) is 0 Å². The number of thiazole rings is 1. The van der Waals surface area contributed by atoms with E-state index in [1.165, 1.54) is 30.2 Å². The van der Waals surface area contributed by atoms with Crippen molar-refractivity contribution >= 4 is 50.2 Å². The van der Waals surface area contributed by atoms with Crippen LogP contribution in [0.3, 0.4) is 0 Å². The molecule has 4 rings (SSSR count). The van der Waals surface area contributed by atoms with E-state index in [1.807, 2.05) is 54.8 Å². The van der Waals surface area contributed by atoms with E-state index >= 15 is 0 Å².